The van der Waals surface area contributed by atoms with E-state index < -0.39 is 41.6 Å². The smallest absolute Gasteiger partial charge is 0.310 e. The summed E-state index contributed by atoms with van der Waals surface area (Å²) in [5, 5.41) is 23.0. The number of cyclic esters (lactones) is 1. The van der Waals surface area contributed by atoms with Crippen LogP contribution in [0.15, 0.2) is 36.0 Å². The van der Waals surface area contributed by atoms with E-state index in [1.807, 2.05) is 6.07 Å². The third-order valence-corrected chi connectivity index (χ3v) is 7.69. The molecule has 0 radical (unpaired) electrons. The number of nitrogens with one attached hydrogen (secondary N) is 1. The van der Waals surface area contributed by atoms with Gasteiger partial charge in [0.1, 0.15) is 5.70 Å². The summed E-state index contributed by atoms with van der Waals surface area (Å²) in [4.78, 5) is 39.6. The Morgan fingerprint density at radius 3 is 2.31 bits per heavy atom. The quantitative estimate of drug-likeness (QED) is 0.341. The topological polar surface area (TPSA) is 153 Å². The third-order valence-electron chi connectivity index (χ3n) is 7.69. The van der Waals surface area contributed by atoms with Crippen LogP contribution in [0.25, 0.3) is 0 Å². The second kappa shape index (κ2) is 9.38. The maximum absolute atomic E-state index is 13.3. The summed E-state index contributed by atoms with van der Waals surface area (Å²) in [6, 6.07) is 6.33. The molecule has 1 fully saturated rings. The summed E-state index contributed by atoms with van der Waals surface area (Å²) in [6.45, 7) is -0.374. The molecule has 6 rings (SSSR count). The van der Waals surface area contributed by atoms with Crippen molar-refractivity contribution in [2.45, 2.75) is 12.0 Å². The van der Waals surface area contributed by atoms with Crippen LogP contribution in [0.3, 0.4) is 0 Å². The monoisotopic (exact) mass is 538 g/mol. The van der Waals surface area contributed by atoms with E-state index in [0.717, 1.165) is 16.0 Å². The molecule has 0 unspecified atom stereocenters. The summed E-state index contributed by atoms with van der Waals surface area (Å²) in [7, 11) is 2.84. The highest BCUT2D eigenvalue weighted by atomic mass is 16.7. The molecule has 2 aromatic rings. The van der Waals surface area contributed by atoms with Crippen molar-refractivity contribution in [3.63, 3.8) is 0 Å². The number of ether oxygens (including phenoxy) is 5. The molecule has 0 bridgehead atoms. The molecule has 4 atom stereocenters. The Morgan fingerprint density at radius 2 is 1.67 bits per heavy atom. The van der Waals surface area contributed by atoms with Gasteiger partial charge in [-0.2, -0.15) is 0 Å². The van der Waals surface area contributed by atoms with E-state index in [2.05, 4.69) is 5.32 Å². The van der Waals surface area contributed by atoms with Crippen molar-refractivity contribution in [1.82, 2.24) is 10.2 Å². The van der Waals surface area contributed by atoms with Crippen LogP contribution in [0.1, 0.15) is 28.7 Å². The second-order valence-corrected chi connectivity index (χ2v) is 9.60. The molecule has 3 heterocycles. The van der Waals surface area contributed by atoms with Crippen molar-refractivity contribution in [1.29, 1.82) is 0 Å². The fraction of sp³-hybridized carbons (Fsp3) is 0.370. The predicted molar refractivity (Wildman–Crippen MR) is 131 cm³/mol. The Labute approximate surface area is 222 Å². The van der Waals surface area contributed by atoms with Gasteiger partial charge in [-0.15, -0.1) is 0 Å². The Morgan fingerprint density at radius 1 is 1.00 bits per heavy atom. The number of imide groups is 1. The van der Waals surface area contributed by atoms with Gasteiger partial charge in [0.25, 0.3) is 11.8 Å². The zero-order valence-corrected chi connectivity index (χ0v) is 21.1. The minimum atomic E-state index is -0.685. The van der Waals surface area contributed by atoms with E-state index in [-0.39, 0.29) is 49.5 Å². The molecule has 1 aliphatic carbocycles. The molecule has 2 aromatic carbocycles. The number of rotatable bonds is 7. The first kappa shape index (κ1) is 24.9. The van der Waals surface area contributed by atoms with Crippen molar-refractivity contribution < 1.29 is 48.3 Å². The van der Waals surface area contributed by atoms with Crippen LogP contribution < -0.4 is 24.3 Å². The number of phenols is 1. The first-order valence-corrected chi connectivity index (χ1v) is 12.4. The molecule has 3 N–H and O–H groups in total. The summed E-state index contributed by atoms with van der Waals surface area (Å²) in [6.07, 6.45) is 1.19. The molecule has 12 heteroatoms. The molecular formula is C27H26N2O10. The Hall–Kier alpha value is -4.45. The van der Waals surface area contributed by atoms with Crippen LogP contribution in [0.5, 0.6) is 28.7 Å². The predicted octanol–water partition coefficient (Wildman–Crippen LogP) is 0.948. The lowest BCUT2D eigenvalue weighted by molar-refractivity contribution is -0.141. The zero-order chi connectivity index (χ0) is 27.4. The number of hydrogen-bond donors (Lipinski definition) is 3. The Kier molecular flexibility index (Phi) is 5.98. The molecular weight excluding hydrogens is 512 g/mol. The number of benzene rings is 2. The average Bonchev–Trinajstić information content (AvgIpc) is 3.62. The minimum Gasteiger partial charge on any atom is -0.502 e. The number of carbonyl (C=O) groups excluding carboxylic acids is 3. The van der Waals surface area contributed by atoms with Crippen LogP contribution in [-0.2, 0) is 19.1 Å². The summed E-state index contributed by atoms with van der Waals surface area (Å²) < 4.78 is 27.6. The normalized spacial score (nSPS) is 24.7. The fourth-order valence-electron chi connectivity index (χ4n) is 5.93. The Bertz CT molecular complexity index is 1390. The SMILES string of the molecule is COc1cc([C@@H]2c3cc4c(cc3[C@@H](NC3=CC(=O)N(CCO)C3=O)[C@H]3COC(=O)[C@H]23)OCO4)cc(OC)c1O. The van der Waals surface area contributed by atoms with Crippen LogP contribution in [-0.4, -0.2) is 73.7 Å². The van der Waals surface area contributed by atoms with Gasteiger partial charge < -0.3 is 39.2 Å². The second-order valence-electron chi connectivity index (χ2n) is 9.60. The Balaban J connectivity index is 1.50. The minimum absolute atomic E-state index is 0.0327. The molecule has 0 saturated carbocycles. The first-order chi connectivity index (χ1) is 18.9. The number of aromatic hydroxyl groups is 1. The third kappa shape index (κ3) is 3.82. The zero-order valence-electron chi connectivity index (χ0n) is 21.1. The van der Waals surface area contributed by atoms with Gasteiger partial charge in [0, 0.05) is 17.9 Å². The van der Waals surface area contributed by atoms with Crippen LogP contribution in [0, 0.1) is 11.8 Å². The maximum atomic E-state index is 13.3. The van der Waals surface area contributed by atoms with Gasteiger partial charge in [-0.25, -0.2) is 0 Å². The van der Waals surface area contributed by atoms with Gasteiger partial charge in [-0.05, 0) is 41.0 Å². The molecule has 12 nitrogen and oxygen atoms in total. The van der Waals surface area contributed by atoms with Crippen LogP contribution in [0.2, 0.25) is 0 Å². The number of esters is 1. The van der Waals surface area contributed by atoms with E-state index in [4.69, 9.17) is 23.7 Å². The standard InChI is InChI=1S/C27H26N2O10/c1-35-19-5-12(6-20(36-2)25(19)32)22-13-7-17-18(39-11-38-17)8-14(13)24(15-10-37-27(34)23(15)22)28-16-9-21(31)29(3-4-30)26(16)33/h5-9,15,22-24,28,30,32H,3-4,10-11H2,1-2H3/t15-,22+,23-,24+/m0/s1. The molecule has 204 valence electrons. The summed E-state index contributed by atoms with van der Waals surface area (Å²) in [5.74, 6) is -1.98. The summed E-state index contributed by atoms with van der Waals surface area (Å²) >= 11 is 0. The largest absolute Gasteiger partial charge is 0.502 e. The van der Waals surface area contributed by atoms with E-state index in [9.17, 15) is 24.6 Å². The van der Waals surface area contributed by atoms with Crippen molar-refractivity contribution in [2.24, 2.45) is 11.8 Å². The lowest BCUT2D eigenvalue weighted by Crippen LogP contribution is -2.42. The van der Waals surface area contributed by atoms with Gasteiger partial charge in [0.15, 0.2) is 23.0 Å². The highest BCUT2D eigenvalue weighted by Crippen LogP contribution is 2.55. The van der Waals surface area contributed by atoms with Crippen LogP contribution >= 0.6 is 0 Å². The number of methoxy groups -OCH3 is 2. The van der Waals surface area contributed by atoms with Crippen LogP contribution in [0.4, 0.5) is 0 Å². The van der Waals surface area contributed by atoms with Gasteiger partial charge in [0.2, 0.25) is 12.5 Å². The first-order valence-electron chi connectivity index (χ1n) is 12.4. The number of β-amino-alcohol motifs (C(OH)–C–C–N with tert-alkyl or cyclic N) is 1. The molecule has 1 saturated heterocycles. The number of hydrogen-bond acceptors (Lipinski definition) is 11. The molecule has 0 aromatic heterocycles. The lowest BCUT2D eigenvalue weighted by atomic mass is 9.65. The van der Waals surface area contributed by atoms with Gasteiger partial charge in [0.05, 0.1) is 45.9 Å². The highest BCUT2D eigenvalue weighted by molar-refractivity contribution is 6.15. The molecule has 0 spiro atoms. The molecule has 2 amide bonds. The number of carbonyl (C=O) groups is 3. The number of amides is 2. The van der Waals surface area contributed by atoms with E-state index >= 15 is 0 Å². The highest BCUT2D eigenvalue weighted by Gasteiger charge is 2.53. The van der Waals surface area contributed by atoms with E-state index in [1.54, 1.807) is 18.2 Å². The number of nitrogens with zero attached hydrogens (tertiary/aromatic N) is 1. The summed E-state index contributed by atoms with van der Waals surface area (Å²) in [5.41, 5.74) is 2.16. The molecule has 39 heavy (non-hydrogen) atoms. The molecule has 3 aliphatic heterocycles. The van der Waals surface area contributed by atoms with Crippen molar-refractivity contribution in [3.8, 4) is 28.7 Å². The van der Waals surface area contributed by atoms with Gasteiger partial charge >= 0.3 is 5.97 Å². The van der Waals surface area contributed by atoms with Gasteiger partial charge in [-0.3, -0.25) is 19.3 Å². The van der Waals surface area contributed by atoms with Gasteiger partial charge in [-0.1, -0.05) is 0 Å². The number of fused-ring (bicyclic) bond motifs is 3. The fourth-order valence-corrected chi connectivity index (χ4v) is 5.93. The van der Waals surface area contributed by atoms with E-state index in [0.29, 0.717) is 17.1 Å². The van der Waals surface area contributed by atoms with E-state index in [1.165, 1.54) is 20.3 Å². The van der Waals surface area contributed by atoms with Crippen molar-refractivity contribution >= 4 is 17.8 Å². The average molecular weight is 539 g/mol. The maximum Gasteiger partial charge on any atom is 0.310 e. The number of aliphatic hydroxyl groups excluding tert-OH is 1. The molecule has 4 aliphatic rings. The van der Waals surface area contributed by atoms with Crippen molar-refractivity contribution in [2.75, 3.05) is 40.8 Å². The lowest BCUT2D eigenvalue weighted by Gasteiger charge is -2.40. The number of phenolic OH excluding ortho intramolecular Hbond substituents is 1. The van der Waals surface area contributed by atoms with Crippen molar-refractivity contribution in [3.05, 3.63) is 52.7 Å². The number of aliphatic hydroxyl groups is 1.